The van der Waals surface area contributed by atoms with Crippen molar-refractivity contribution in [1.29, 1.82) is 5.26 Å². The van der Waals surface area contributed by atoms with Gasteiger partial charge in [0.25, 0.3) is 0 Å². The Morgan fingerprint density at radius 2 is 1.75 bits per heavy atom. The molecule has 104 valence electrons. The molecule has 0 radical (unpaired) electrons. The maximum Gasteiger partial charge on any atom is 0.347 e. The van der Waals surface area contributed by atoms with Gasteiger partial charge in [-0.3, -0.25) is 0 Å². The van der Waals surface area contributed by atoms with Crippen molar-refractivity contribution in [2.24, 2.45) is 17.8 Å². The summed E-state index contributed by atoms with van der Waals surface area (Å²) in [4.78, 5) is 18.2. The summed E-state index contributed by atoms with van der Waals surface area (Å²) >= 11 is 0. The lowest BCUT2D eigenvalue weighted by atomic mass is 9.48. The number of anilines is 1. The topological polar surface area (TPSA) is 95.6 Å². The molecule has 1 aromatic rings. The highest BCUT2D eigenvalue weighted by molar-refractivity contribution is 5.53. The second kappa shape index (κ2) is 3.85. The quantitative estimate of drug-likeness (QED) is 0.811. The van der Waals surface area contributed by atoms with Crippen LogP contribution in [0.4, 0.5) is 5.82 Å². The van der Waals surface area contributed by atoms with Crippen LogP contribution in [0.25, 0.3) is 0 Å². The Hall–Kier alpha value is -1.83. The smallest absolute Gasteiger partial charge is 0.347 e. The Kier molecular flexibility index (Phi) is 2.30. The predicted octanol–water partition coefficient (Wildman–Crippen LogP) is 1.69. The fourth-order valence-electron chi connectivity index (χ4n) is 5.42. The Labute approximate surface area is 117 Å². The number of nitrogens with zero attached hydrogens (tertiary/aromatic N) is 2. The number of nitriles is 1. The second-order valence-corrected chi connectivity index (χ2v) is 6.99. The van der Waals surface area contributed by atoms with Gasteiger partial charge < -0.3 is 10.7 Å². The first-order valence-electron chi connectivity index (χ1n) is 7.40. The molecule has 0 aromatic carbocycles. The summed E-state index contributed by atoms with van der Waals surface area (Å²) in [5.41, 5.74) is 6.51. The van der Waals surface area contributed by atoms with E-state index in [0.29, 0.717) is 5.56 Å². The number of nitrogen functional groups attached to an aromatic ring is 1. The fraction of sp³-hybridized carbons (Fsp3) is 0.667. The molecule has 0 amide bonds. The van der Waals surface area contributed by atoms with E-state index in [1.165, 1.54) is 19.3 Å². The van der Waals surface area contributed by atoms with E-state index in [4.69, 9.17) is 5.73 Å². The van der Waals surface area contributed by atoms with Crippen LogP contribution >= 0.6 is 0 Å². The van der Waals surface area contributed by atoms with E-state index in [1.807, 2.05) is 0 Å². The van der Waals surface area contributed by atoms with Crippen LogP contribution in [0, 0.1) is 29.1 Å². The molecule has 0 spiro atoms. The minimum absolute atomic E-state index is 0.0317. The molecule has 4 bridgehead atoms. The molecular weight excluding hydrogens is 252 g/mol. The van der Waals surface area contributed by atoms with Crippen LogP contribution in [0.3, 0.4) is 0 Å². The predicted molar refractivity (Wildman–Crippen MR) is 73.8 cm³/mol. The van der Waals surface area contributed by atoms with Gasteiger partial charge >= 0.3 is 5.69 Å². The van der Waals surface area contributed by atoms with Crippen molar-refractivity contribution in [2.45, 2.75) is 43.9 Å². The summed E-state index contributed by atoms with van der Waals surface area (Å²) in [6.07, 6.45) is 7.25. The van der Waals surface area contributed by atoms with E-state index < -0.39 is 5.69 Å². The van der Waals surface area contributed by atoms with Gasteiger partial charge in [0.05, 0.1) is 0 Å². The van der Waals surface area contributed by atoms with Crippen molar-refractivity contribution in [3.63, 3.8) is 0 Å². The molecule has 20 heavy (non-hydrogen) atoms. The number of nitrogens with two attached hydrogens (primary N) is 1. The highest BCUT2D eigenvalue weighted by atomic mass is 16.1. The molecule has 4 aliphatic carbocycles. The Morgan fingerprint density at radius 1 is 1.20 bits per heavy atom. The van der Waals surface area contributed by atoms with Crippen LogP contribution < -0.4 is 11.4 Å². The molecule has 1 heterocycles. The molecule has 5 nitrogen and oxygen atoms in total. The van der Waals surface area contributed by atoms with Gasteiger partial charge in [-0.2, -0.15) is 10.2 Å². The van der Waals surface area contributed by atoms with Crippen LogP contribution in [0.5, 0.6) is 0 Å². The number of H-pyrrole nitrogens is 1. The van der Waals surface area contributed by atoms with Gasteiger partial charge in [0.1, 0.15) is 17.5 Å². The fourth-order valence-corrected chi connectivity index (χ4v) is 5.42. The van der Waals surface area contributed by atoms with Gasteiger partial charge in [-0.1, -0.05) is 0 Å². The summed E-state index contributed by atoms with van der Waals surface area (Å²) in [6.45, 7) is 0. The Morgan fingerprint density at radius 3 is 2.25 bits per heavy atom. The van der Waals surface area contributed by atoms with E-state index >= 15 is 0 Å². The lowest BCUT2D eigenvalue weighted by Gasteiger charge is -2.56. The van der Waals surface area contributed by atoms with Crippen LogP contribution in [0.2, 0.25) is 0 Å². The number of nitrogens with one attached hydrogen (secondary N) is 1. The van der Waals surface area contributed by atoms with Crippen molar-refractivity contribution < 1.29 is 0 Å². The number of aromatic amines is 1. The monoisotopic (exact) mass is 270 g/mol. The highest BCUT2D eigenvalue weighted by Gasteiger charge is 2.53. The first-order chi connectivity index (χ1) is 9.59. The molecule has 4 aliphatic rings. The van der Waals surface area contributed by atoms with Gasteiger partial charge in [-0.15, -0.1) is 0 Å². The summed E-state index contributed by atoms with van der Waals surface area (Å²) < 4.78 is 0. The van der Waals surface area contributed by atoms with Crippen molar-refractivity contribution in [3.8, 4) is 6.07 Å². The lowest BCUT2D eigenvalue weighted by molar-refractivity contribution is -0.00746. The third-order valence-corrected chi connectivity index (χ3v) is 5.64. The average molecular weight is 270 g/mol. The minimum Gasteiger partial charge on any atom is -0.382 e. The molecule has 1 aromatic heterocycles. The zero-order valence-electron chi connectivity index (χ0n) is 11.4. The Balaban J connectivity index is 1.89. The van der Waals surface area contributed by atoms with Gasteiger partial charge in [0, 0.05) is 11.1 Å². The highest BCUT2D eigenvalue weighted by Crippen LogP contribution is 2.60. The van der Waals surface area contributed by atoms with E-state index in [1.54, 1.807) is 0 Å². The summed E-state index contributed by atoms with van der Waals surface area (Å²) in [5, 5.41) is 9.40. The zero-order chi connectivity index (χ0) is 13.9. The van der Waals surface area contributed by atoms with E-state index in [2.05, 4.69) is 16.0 Å². The first-order valence-corrected chi connectivity index (χ1v) is 7.40. The minimum atomic E-state index is -0.424. The van der Waals surface area contributed by atoms with Gasteiger partial charge in [0.2, 0.25) is 0 Å². The summed E-state index contributed by atoms with van der Waals surface area (Å²) in [7, 11) is 0. The van der Waals surface area contributed by atoms with Crippen LogP contribution in [-0.4, -0.2) is 9.97 Å². The summed E-state index contributed by atoms with van der Waals surface area (Å²) in [6, 6.07) is 2.16. The SMILES string of the molecule is N#Cc1c(N)nc(=O)[nH]c1C12CC3CC(CC(C3)C1)C2. The molecule has 4 saturated carbocycles. The largest absolute Gasteiger partial charge is 0.382 e. The second-order valence-electron chi connectivity index (χ2n) is 6.99. The van der Waals surface area contributed by atoms with Crippen molar-refractivity contribution in [3.05, 3.63) is 21.7 Å². The van der Waals surface area contributed by atoms with Crippen LogP contribution in [0.1, 0.15) is 49.8 Å². The maximum absolute atomic E-state index is 11.7. The molecule has 0 atom stereocenters. The number of rotatable bonds is 1. The third-order valence-electron chi connectivity index (χ3n) is 5.64. The van der Waals surface area contributed by atoms with Gasteiger partial charge in [0.15, 0.2) is 0 Å². The first kappa shape index (κ1) is 12.0. The molecule has 5 heteroatoms. The molecule has 5 rings (SSSR count). The lowest BCUT2D eigenvalue weighted by Crippen LogP contribution is -2.50. The number of aromatic nitrogens is 2. The van der Waals surface area contributed by atoms with Crippen LogP contribution in [-0.2, 0) is 5.41 Å². The van der Waals surface area contributed by atoms with Crippen LogP contribution in [0.15, 0.2) is 4.79 Å². The molecule has 0 saturated heterocycles. The number of hydrogen-bond donors (Lipinski definition) is 2. The van der Waals surface area contributed by atoms with Crippen molar-refractivity contribution >= 4 is 5.82 Å². The normalized spacial score (nSPS) is 37.9. The third kappa shape index (κ3) is 1.54. The molecule has 0 aliphatic heterocycles. The molecule has 3 N–H and O–H groups in total. The number of hydrogen-bond acceptors (Lipinski definition) is 4. The standard InChI is InChI=1S/C15H18N4O/c16-7-11-12(18-14(20)19-13(11)17)15-4-8-1-9(5-15)3-10(2-8)6-15/h8-10H,1-6H2,(H3,17,18,19,20). The maximum atomic E-state index is 11.7. The van der Waals surface area contributed by atoms with Crippen molar-refractivity contribution in [2.75, 3.05) is 5.73 Å². The summed E-state index contributed by atoms with van der Waals surface area (Å²) in [5.74, 6) is 2.35. The molecular formula is C15H18N4O. The average Bonchev–Trinajstić information content (AvgIpc) is 2.36. The molecule has 4 fully saturated rings. The van der Waals surface area contributed by atoms with Gasteiger partial charge in [-0.05, 0) is 56.3 Å². The van der Waals surface area contributed by atoms with E-state index in [9.17, 15) is 10.1 Å². The van der Waals surface area contributed by atoms with Gasteiger partial charge in [-0.25, -0.2) is 4.79 Å². The Bertz CT molecular complexity index is 634. The van der Waals surface area contributed by atoms with E-state index in [-0.39, 0.29) is 11.2 Å². The van der Waals surface area contributed by atoms with E-state index in [0.717, 1.165) is 42.7 Å². The zero-order valence-corrected chi connectivity index (χ0v) is 11.4. The van der Waals surface area contributed by atoms with Crippen molar-refractivity contribution in [1.82, 2.24) is 9.97 Å². The molecule has 0 unspecified atom stereocenters.